The quantitative estimate of drug-likeness (QED) is 0.595. The zero-order valence-electron chi connectivity index (χ0n) is 12.9. The van der Waals surface area contributed by atoms with Crippen molar-refractivity contribution < 1.29 is 13.2 Å². The Kier molecular flexibility index (Phi) is 3.34. The van der Waals surface area contributed by atoms with Crippen LogP contribution in [-0.4, -0.2) is 41.8 Å². The fourth-order valence-electron chi connectivity index (χ4n) is 2.43. The van der Waals surface area contributed by atoms with E-state index in [4.69, 9.17) is 0 Å². The van der Waals surface area contributed by atoms with Crippen LogP contribution in [0, 0.1) is 0 Å². The Morgan fingerprint density at radius 1 is 1.24 bits per heavy atom. The number of halogens is 3. The first-order valence-corrected chi connectivity index (χ1v) is 7.40. The summed E-state index contributed by atoms with van der Waals surface area (Å²) < 4.78 is 39.5. The lowest BCUT2D eigenvalue weighted by atomic mass is 10.2. The van der Waals surface area contributed by atoms with E-state index in [2.05, 4.69) is 30.4 Å². The SMILES string of the molecule is C[C@@H](Nc1ncc2c(-c3ccn4nccc4n3)c[nH]c2n1)C(F)(F)F. The summed E-state index contributed by atoms with van der Waals surface area (Å²) in [5, 5.41) is 7.00. The van der Waals surface area contributed by atoms with Gasteiger partial charge in [-0.05, 0) is 13.0 Å². The molecule has 0 unspecified atom stereocenters. The van der Waals surface area contributed by atoms with Gasteiger partial charge in [-0.1, -0.05) is 0 Å². The first-order valence-electron chi connectivity index (χ1n) is 7.40. The van der Waals surface area contributed by atoms with Crippen LogP contribution in [-0.2, 0) is 0 Å². The Bertz CT molecular complexity index is 1050. The maximum absolute atomic E-state index is 12.6. The summed E-state index contributed by atoms with van der Waals surface area (Å²) in [6.07, 6.45) is 2.22. The van der Waals surface area contributed by atoms with Crippen molar-refractivity contribution in [1.29, 1.82) is 0 Å². The van der Waals surface area contributed by atoms with Crippen molar-refractivity contribution in [2.75, 3.05) is 5.32 Å². The molecule has 0 saturated carbocycles. The Morgan fingerprint density at radius 2 is 2.08 bits per heavy atom. The summed E-state index contributed by atoms with van der Waals surface area (Å²) >= 11 is 0. The third-order valence-corrected chi connectivity index (χ3v) is 3.80. The molecule has 0 aliphatic carbocycles. The monoisotopic (exact) mass is 347 g/mol. The molecule has 4 rings (SSSR count). The van der Waals surface area contributed by atoms with Crippen molar-refractivity contribution in [1.82, 2.24) is 29.5 Å². The molecule has 10 heteroatoms. The van der Waals surface area contributed by atoms with Gasteiger partial charge in [0.2, 0.25) is 5.95 Å². The molecule has 0 amide bonds. The Hall–Kier alpha value is -3.17. The van der Waals surface area contributed by atoms with E-state index in [9.17, 15) is 13.2 Å². The van der Waals surface area contributed by atoms with Gasteiger partial charge in [0.25, 0.3) is 0 Å². The van der Waals surface area contributed by atoms with Crippen LogP contribution >= 0.6 is 0 Å². The Labute approximate surface area is 138 Å². The van der Waals surface area contributed by atoms with Crippen LogP contribution in [0.1, 0.15) is 6.92 Å². The molecule has 128 valence electrons. The number of nitrogens with zero attached hydrogens (tertiary/aromatic N) is 5. The molecular weight excluding hydrogens is 335 g/mol. The van der Waals surface area contributed by atoms with Gasteiger partial charge in [0, 0.05) is 35.6 Å². The second-order valence-corrected chi connectivity index (χ2v) is 5.51. The lowest BCUT2D eigenvalue weighted by Gasteiger charge is -2.16. The molecular formula is C15H12F3N7. The standard InChI is InChI=1S/C15H12F3N7/c1-8(15(16,17)18)22-14-20-7-10-9(6-19-13(10)24-14)11-3-5-25-12(23-11)2-4-21-25/h2-8H,1H3,(H2,19,20,22,24)/t8-/m1/s1. The molecule has 0 radical (unpaired) electrons. The van der Waals surface area contributed by atoms with Crippen molar-refractivity contribution in [3.63, 3.8) is 0 Å². The van der Waals surface area contributed by atoms with Crippen LogP contribution in [0.3, 0.4) is 0 Å². The lowest BCUT2D eigenvalue weighted by molar-refractivity contribution is -0.138. The summed E-state index contributed by atoms with van der Waals surface area (Å²) in [5.74, 6) is -0.0927. The second-order valence-electron chi connectivity index (χ2n) is 5.51. The van der Waals surface area contributed by atoms with Crippen LogP contribution in [0.2, 0.25) is 0 Å². The van der Waals surface area contributed by atoms with Crippen LogP contribution in [0.15, 0.2) is 36.9 Å². The molecule has 2 N–H and O–H groups in total. The summed E-state index contributed by atoms with van der Waals surface area (Å²) in [6, 6.07) is 1.82. The van der Waals surface area contributed by atoms with E-state index in [0.717, 1.165) is 12.5 Å². The minimum atomic E-state index is -4.37. The summed E-state index contributed by atoms with van der Waals surface area (Å²) in [5.41, 5.74) is 2.56. The van der Waals surface area contributed by atoms with E-state index in [1.54, 1.807) is 35.2 Å². The second kappa shape index (κ2) is 5.43. The number of alkyl halides is 3. The number of hydrogen-bond donors (Lipinski definition) is 2. The molecule has 0 bridgehead atoms. The molecule has 0 aliphatic rings. The van der Waals surface area contributed by atoms with Crippen molar-refractivity contribution in [3.8, 4) is 11.3 Å². The van der Waals surface area contributed by atoms with E-state index in [1.165, 1.54) is 6.20 Å². The van der Waals surface area contributed by atoms with Gasteiger partial charge in [0.05, 0.1) is 11.9 Å². The zero-order chi connectivity index (χ0) is 17.6. The number of H-pyrrole nitrogens is 1. The first kappa shape index (κ1) is 15.4. The molecule has 0 saturated heterocycles. The third-order valence-electron chi connectivity index (χ3n) is 3.80. The highest BCUT2D eigenvalue weighted by Gasteiger charge is 2.36. The fraction of sp³-hybridized carbons (Fsp3) is 0.200. The van der Waals surface area contributed by atoms with E-state index in [-0.39, 0.29) is 5.95 Å². The Balaban J connectivity index is 1.70. The highest BCUT2D eigenvalue weighted by molar-refractivity contribution is 5.92. The highest BCUT2D eigenvalue weighted by Crippen LogP contribution is 2.27. The highest BCUT2D eigenvalue weighted by atomic mass is 19.4. The number of nitrogens with one attached hydrogen (secondary N) is 2. The molecule has 25 heavy (non-hydrogen) atoms. The summed E-state index contributed by atoms with van der Waals surface area (Å²) in [4.78, 5) is 15.5. The van der Waals surface area contributed by atoms with Crippen molar-refractivity contribution in [3.05, 3.63) is 36.9 Å². The molecule has 0 aromatic carbocycles. The fourth-order valence-corrected chi connectivity index (χ4v) is 2.43. The van der Waals surface area contributed by atoms with Gasteiger partial charge in [-0.25, -0.2) is 14.5 Å². The number of aromatic amines is 1. The minimum Gasteiger partial charge on any atom is -0.345 e. The molecule has 0 aliphatic heterocycles. The third kappa shape index (κ3) is 2.75. The van der Waals surface area contributed by atoms with Crippen LogP contribution in [0.25, 0.3) is 27.9 Å². The van der Waals surface area contributed by atoms with Crippen LogP contribution in [0.4, 0.5) is 19.1 Å². The number of rotatable bonds is 3. The van der Waals surface area contributed by atoms with E-state index >= 15 is 0 Å². The molecule has 0 spiro atoms. The topological polar surface area (TPSA) is 83.8 Å². The number of anilines is 1. The Morgan fingerprint density at radius 3 is 2.88 bits per heavy atom. The molecule has 4 aromatic heterocycles. The molecule has 0 fully saturated rings. The van der Waals surface area contributed by atoms with Crippen molar-refractivity contribution in [2.24, 2.45) is 0 Å². The molecule has 4 heterocycles. The molecule has 4 aromatic rings. The maximum Gasteiger partial charge on any atom is 0.408 e. The number of aromatic nitrogens is 6. The largest absolute Gasteiger partial charge is 0.408 e. The average molecular weight is 347 g/mol. The van der Waals surface area contributed by atoms with Crippen molar-refractivity contribution in [2.45, 2.75) is 19.1 Å². The lowest BCUT2D eigenvalue weighted by Crippen LogP contribution is -2.33. The predicted molar refractivity (Wildman–Crippen MR) is 85.0 cm³/mol. The van der Waals surface area contributed by atoms with Gasteiger partial charge in [0.1, 0.15) is 11.7 Å². The van der Waals surface area contributed by atoms with Gasteiger partial charge >= 0.3 is 6.18 Å². The number of fused-ring (bicyclic) bond motifs is 2. The van der Waals surface area contributed by atoms with Gasteiger partial charge in [-0.3, -0.25) is 0 Å². The smallest absolute Gasteiger partial charge is 0.345 e. The minimum absolute atomic E-state index is 0.0927. The average Bonchev–Trinajstić information content (AvgIpc) is 3.19. The zero-order valence-corrected chi connectivity index (χ0v) is 12.9. The summed E-state index contributed by atoms with van der Waals surface area (Å²) in [6.45, 7) is 1.01. The molecule has 1 atom stereocenters. The number of hydrogen-bond acceptors (Lipinski definition) is 5. The van der Waals surface area contributed by atoms with Crippen molar-refractivity contribution >= 4 is 22.6 Å². The van der Waals surface area contributed by atoms with E-state index in [0.29, 0.717) is 22.4 Å². The van der Waals surface area contributed by atoms with Gasteiger partial charge in [-0.15, -0.1) is 0 Å². The van der Waals surface area contributed by atoms with Crippen LogP contribution < -0.4 is 5.32 Å². The normalized spacial score (nSPS) is 13.4. The van der Waals surface area contributed by atoms with E-state index < -0.39 is 12.2 Å². The van der Waals surface area contributed by atoms with Gasteiger partial charge < -0.3 is 10.3 Å². The van der Waals surface area contributed by atoms with Gasteiger partial charge in [-0.2, -0.15) is 23.3 Å². The summed E-state index contributed by atoms with van der Waals surface area (Å²) in [7, 11) is 0. The predicted octanol–water partition coefficient (Wildman–Crippen LogP) is 3.03. The molecule has 7 nitrogen and oxygen atoms in total. The van der Waals surface area contributed by atoms with Crippen LogP contribution in [0.5, 0.6) is 0 Å². The first-order chi connectivity index (χ1) is 11.9. The maximum atomic E-state index is 12.6. The van der Waals surface area contributed by atoms with E-state index in [1.807, 2.05) is 0 Å². The van der Waals surface area contributed by atoms with Gasteiger partial charge in [0.15, 0.2) is 5.65 Å².